The molecule has 1 aromatic rings. The lowest BCUT2D eigenvalue weighted by atomic mass is 9.96. The number of thiophene rings is 1. The highest BCUT2D eigenvalue weighted by Crippen LogP contribution is 2.23. The van der Waals surface area contributed by atoms with Gasteiger partial charge in [0, 0.05) is 33.2 Å². The Morgan fingerprint density at radius 3 is 2.48 bits per heavy atom. The maximum Gasteiger partial charge on any atom is 0.309 e. The van der Waals surface area contributed by atoms with Gasteiger partial charge in [0.25, 0.3) is 5.91 Å². The topological polar surface area (TPSA) is 87.2 Å². The molecule has 0 saturated carbocycles. The van der Waals surface area contributed by atoms with Gasteiger partial charge in [0.1, 0.15) is 0 Å². The second-order valence-electron chi connectivity index (χ2n) is 8.17. The van der Waals surface area contributed by atoms with Gasteiger partial charge in [0.05, 0.1) is 29.9 Å². The van der Waals surface area contributed by atoms with Crippen LogP contribution in [0.5, 0.6) is 0 Å². The smallest absolute Gasteiger partial charge is 0.309 e. The molecule has 2 aliphatic rings. The summed E-state index contributed by atoms with van der Waals surface area (Å²) in [5, 5.41) is 1.87. The average Bonchev–Trinajstić information content (AvgIpc) is 3.33. The molecule has 3 rings (SSSR count). The van der Waals surface area contributed by atoms with Gasteiger partial charge < -0.3 is 19.4 Å². The Bertz CT molecular complexity index is 789. The summed E-state index contributed by atoms with van der Waals surface area (Å²) in [7, 11) is 1.64. The Morgan fingerprint density at radius 2 is 1.84 bits per heavy atom. The monoisotopic (exact) mass is 449 g/mol. The largest absolute Gasteiger partial charge is 0.466 e. The molecule has 0 aromatic carbocycles. The Labute approximate surface area is 187 Å². The first-order valence-corrected chi connectivity index (χ1v) is 11.8. The molecule has 31 heavy (non-hydrogen) atoms. The highest BCUT2D eigenvalue weighted by atomic mass is 32.1. The van der Waals surface area contributed by atoms with E-state index in [-0.39, 0.29) is 42.1 Å². The summed E-state index contributed by atoms with van der Waals surface area (Å²) in [5.41, 5.74) is 0. The molecule has 0 radical (unpaired) electrons. The van der Waals surface area contributed by atoms with E-state index in [9.17, 15) is 19.2 Å². The molecule has 2 saturated heterocycles. The zero-order valence-corrected chi connectivity index (χ0v) is 19.1. The summed E-state index contributed by atoms with van der Waals surface area (Å²) in [5.74, 6) is -0.877. The van der Waals surface area contributed by atoms with Crippen molar-refractivity contribution in [2.45, 2.75) is 32.6 Å². The van der Waals surface area contributed by atoms with Gasteiger partial charge in [-0.25, -0.2) is 0 Å². The fourth-order valence-corrected chi connectivity index (χ4v) is 4.93. The van der Waals surface area contributed by atoms with Crippen LogP contribution in [0, 0.1) is 11.8 Å². The predicted octanol–water partition coefficient (Wildman–Crippen LogP) is 1.86. The third-order valence-corrected chi connectivity index (χ3v) is 6.86. The van der Waals surface area contributed by atoms with Gasteiger partial charge in [0.15, 0.2) is 0 Å². The summed E-state index contributed by atoms with van der Waals surface area (Å²) in [4.78, 5) is 55.7. The molecule has 1 atom stereocenters. The highest BCUT2D eigenvalue weighted by Gasteiger charge is 2.33. The lowest BCUT2D eigenvalue weighted by Crippen LogP contribution is -2.49. The number of likely N-dealkylation sites (N-methyl/N-ethyl adjacent to an activating group) is 1. The summed E-state index contributed by atoms with van der Waals surface area (Å²) in [6.07, 6.45) is 2.67. The van der Waals surface area contributed by atoms with E-state index in [1.54, 1.807) is 29.8 Å². The number of amides is 3. The Morgan fingerprint density at radius 1 is 1.10 bits per heavy atom. The van der Waals surface area contributed by atoms with Gasteiger partial charge in [-0.05, 0) is 44.1 Å². The summed E-state index contributed by atoms with van der Waals surface area (Å²) in [6, 6.07) is 3.65. The van der Waals surface area contributed by atoms with E-state index in [1.807, 2.05) is 11.4 Å². The van der Waals surface area contributed by atoms with Crippen LogP contribution in [0.3, 0.4) is 0 Å². The van der Waals surface area contributed by atoms with Crippen molar-refractivity contribution in [2.24, 2.45) is 11.8 Å². The van der Waals surface area contributed by atoms with E-state index in [2.05, 4.69) is 0 Å². The molecule has 0 N–H and O–H groups in total. The van der Waals surface area contributed by atoms with Crippen molar-refractivity contribution in [1.29, 1.82) is 0 Å². The van der Waals surface area contributed by atoms with Crippen LogP contribution in [0.25, 0.3) is 0 Å². The number of carbonyl (C=O) groups excluding carboxylic acids is 4. The van der Waals surface area contributed by atoms with Gasteiger partial charge in [-0.2, -0.15) is 0 Å². The number of carbonyl (C=O) groups is 4. The van der Waals surface area contributed by atoms with Gasteiger partial charge in [-0.3, -0.25) is 19.2 Å². The molecule has 8 nitrogen and oxygen atoms in total. The van der Waals surface area contributed by atoms with Gasteiger partial charge in [0.2, 0.25) is 11.8 Å². The first-order valence-electron chi connectivity index (χ1n) is 10.9. The number of hydrogen-bond acceptors (Lipinski definition) is 6. The van der Waals surface area contributed by atoms with Crippen LogP contribution in [-0.2, 0) is 19.1 Å². The molecule has 170 valence electrons. The highest BCUT2D eigenvalue weighted by molar-refractivity contribution is 7.12. The third-order valence-electron chi connectivity index (χ3n) is 6.01. The van der Waals surface area contributed by atoms with Crippen molar-refractivity contribution in [1.82, 2.24) is 14.7 Å². The molecule has 1 unspecified atom stereocenters. The maximum atomic E-state index is 12.9. The van der Waals surface area contributed by atoms with Crippen LogP contribution in [0.15, 0.2) is 17.5 Å². The van der Waals surface area contributed by atoms with Crippen molar-refractivity contribution in [2.75, 3.05) is 46.4 Å². The average molecular weight is 450 g/mol. The molecule has 9 heteroatoms. The lowest BCUT2D eigenvalue weighted by molar-refractivity contribution is -0.151. The van der Waals surface area contributed by atoms with Crippen molar-refractivity contribution >= 4 is 35.0 Å². The van der Waals surface area contributed by atoms with Crippen molar-refractivity contribution in [3.8, 4) is 0 Å². The fourth-order valence-electron chi connectivity index (χ4n) is 4.24. The number of ether oxygens (including phenoxy) is 1. The molecular formula is C22H31N3O5S. The van der Waals surface area contributed by atoms with E-state index in [0.29, 0.717) is 50.5 Å². The van der Waals surface area contributed by atoms with Gasteiger partial charge in [-0.1, -0.05) is 6.07 Å². The quantitative estimate of drug-likeness (QED) is 0.619. The molecule has 1 aromatic heterocycles. The Kier molecular flexibility index (Phi) is 8.06. The van der Waals surface area contributed by atoms with Crippen LogP contribution in [0.1, 0.15) is 42.3 Å². The zero-order valence-electron chi connectivity index (χ0n) is 18.2. The Balaban J connectivity index is 1.48. The maximum absolute atomic E-state index is 12.9. The fraction of sp³-hybridized carbons (Fsp3) is 0.636. The molecule has 0 bridgehead atoms. The summed E-state index contributed by atoms with van der Waals surface area (Å²) < 4.78 is 5.07. The molecule has 2 aliphatic heterocycles. The van der Waals surface area contributed by atoms with Crippen molar-refractivity contribution in [3.63, 3.8) is 0 Å². The number of esters is 1. The predicted molar refractivity (Wildman–Crippen MR) is 117 cm³/mol. The van der Waals surface area contributed by atoms with Gasteiger partial charge in [-0.15, -0.1) is 11.3 Å². The number of likely N-dealkylation sites (tertiary alicyclic amines) is 2. The van der Waals surface area contributed by atoms with Crippen molar-refractivity contribution in [3.05, 3.63) is 22.4 Å². The Hall–Kier alpha value is -2.42. The number of rotatable bonds is 6. The molecule has 2 fully saturated rings. The van der Waals surface area contributed by atoms with Crippen LogP contribution >= 0.6 is 11.3 Å². The lowest BCUT2D eigenvalue weighted by Gasteiger charge is -2.35. The summed E-state index contributed by atoms with van der Waals surface area (Å²) in [6.45, 7) is 4.19. The second-order valence-corrected chi connectivity index (χ2v) is 9.12. The van der Waals surface area contributed by atoms with Gasteiger partial charge >= 0.3 is 5.97 Å². The van der Waals surface area contributed by atoms with E-state index >= 15 is 0 Å². The number of piperidine rings is 2. The van der Waals surface area contributed by atoms with Crippen LogP contribution in [0.2, 0.25) is 0 Å². The minimum atomic E-state index is -0.287. The van der Waals surface area contributed by atoms with E-state index in [1.165, 1.54) is 16.2 Å². The standard InChI is InChI=1S/C22H31N3O5S/c1-3-30-22(29)16-8-11-24(12-9-16)19(26)15-23(2)20(27)17-6-4-10-25(14-17)21(28)18-7-5-13-31-18/h5,7,13,16-17H,3-4,6,8-12,14-15H2,1-2H3. The van der Waals surface area contributed by atoms with Crippen LogP contribution in [-0.4, -0.2) is 84.8 Å². The normalized spacial score (nSPS) is 19.7. The minimum absolute atomic E-state index is 0.0122. The summed E-state index contributed by atoms with van der Waals surface area (Å²) >= 11 is 1.40. The van der Waals surface area contributed by atoms with Crippen molar-refractivity contribution < 1.29 is 23.9 Å². The number of nitrogens with zero attached hydrogens (tertiary/aromatic N) is 3. The third kappa shape index (κ3) is 5.84. The van der Waals surface area contributed by atoms with Crippen LogP contribution in [0.4, 0.5) is 0 Å². The zero-order chi connectivity index (χ0) is 22.4. The molecule has 0 spiro atoms. The number of hydrogen-bond donors (Lipinski definition) is 0. The molecule has 3 heterocycles. The SMILES string of the molecule is CCOC(=O)C1CCN(C(=O)CN(C)C(=O)C2CCCN(C(=O)c3cccs3)C2)CC1. The second kappa shape index (κ2) is 10.7. The van der Waals surface area contributed by atoms with E-state index in [0.717, 1.165) is 12.8 Å². The van der Waals surface area contributed by atoms with Crippen LogP contribution < -0.4 is 0 Å². The molecule has 3 amide bonds. The van der Waals surface area contributed by atoms with E-state index in [4.69, 9.17) is 4.74 Å². The minimum Gasteiger partial charge on any atom is -0.466 e. The molecule has 0 aliphatic carbocycles. The van der Waals surface area contributed by atoms with E-state index < -0.39 is 0 Å². The first kappa shape index (κ1) is 23.2. The molecular weight excluding hydrogens is 418 g/mol. The first-order chi connectivity index (χ1) is 14.9.